The van der Waals surface area contributed by atoms with Gasteiger partial charge >= 0.3 is 0 Å². The maximum atomic E-state index is 6.24. The molecule has 1 aromatic heterocycles. The summed E-state index contributed by atoms with van der Waals surface area (Å²) >= 11 is 6.24. The lowest BCUT2D eigenvalue weighted by Crippen LogP contribution is -2.07. The molecule has 2 aromatic carbocycles. The summed E-state index contributed by atoms with van der Waals surface area (Å²) in [6, 6.07) is 13.7. The smallest absolute Gasteiger partial charge is 0.134 e. The van der Waals surface area contributed by atoms with E-state index >= 15 is 0 Å². The van der Waals surface area contributed by atoms with Gasteiger partial charge in [0.2, 0.25) is 0 Å². The van der Waals surface area contributed by atoms with Gasteiger partial charge in [-0.05, 0) is 36.2 Å². The van der Waals surface area contributed by atoms with Crippen molar-refractivity contribution in [1.29, 1.82) is 0 Å². The maximum absolute atomic E-state index is 6.24. The van der Waals surface area contributed by atoms with E-state index < -0.39 is 0 Å². The molecule has 0 aliphatic carbocycles. The summed E-state index contributed by atoms with van der Waals surface area (Å²) in [7, 11) is 0. The highest BCUT2D eigenvalue weighted by Gasteiger charge is 2.20. The van der Waals surface area contributed by atoms with Crippen molar-refractivity contribution in [1.82, 2.24) is 9.66 Å². The van der Waals surface area contributed by atoms with Crippen molar-refractivity contribution in [2.75, 3.05) is 5.73 Å². The van der Waals surface area contributed by atoms with Gasteiger partial charge < -0.3 is 5.73 Å². The summed E-state index contributed by atoms with van der Waals surface area (Å²) in [5.74, 6) is 0.945. The van der Waals surface area contributed by atoms with Crippen LogP contribution in [0.1, 0.15) is 35.1 Å². The summed E-state index contributed by atoms with van der Waals surface area (Å²) in [4.78, 5) is 4.70. The molecule has 0 saturated heterocycles. The quantitative estimate of drug-likeness (QED) is 0.565. The molecular formula is C19H17ClN4. The minimum atomic E-state index is 0.700. The number of aryl methyl sites for hydroxylation is 1. The van der Waals surface area contributed by atoms with Gasteiger partial charge in [0.1, 0.15) is 5.82 Å². The first-order valence-corrected chi connectivity index (χ1v) is 8.32. The second kappa shape index (κ2) is 5.80. The molecule has 1 aliphatic rings. The highest BCUT2D eigenvalue weighted by molar-refractivity contribution is 6.31. The highest BCUT2D eigenvalue weighted by Crippen LogP contribution is 2.26. The van der Waals surface area contributed by atoms with Gasteiger partial charge in [0.05, 0.1) is 17.6 Å². The Hall–Kier alpha value is -2.59. The number of fused-ring (bicyclic) bond motifs is 2. The molecule has 2 N–H and O–H groups in total. The van der Waals surface area contributed by atoms with Crippen molar-refractivity contribution in [3.05, 3.63) is 81.9 Å². The van der Waals surface area contributed by atoms with Gasteiger partial charge in [0.15, 0.2) is 0 Å². The second-order valence-corrected chi connectivity index (χ2v) is 6.33. The second-order valence-electron chi connectivity index (χ2n) is 5.90. The van der Waals surface area contributed by atoms with Crippen LogP contribution in [0.2, 0.25) is 5.02 Å². The van der Waals surface area contributed by atoms with Gasteiger partial charge in [-0.2, -0.15) is 5.10 Å². The van der Waals surface area contributed by atoms with Crippen LogP contribution >= 0.6 is 11.6 Å². The molecule has 0 fully saturated rings. The van der Waals surface area contributed by atoms with Crippen LogP contribution in [-0.4, -0.2) is 15.4 Å². The molecule has 1 aliphatic heterocycles. The SMILES string of the molecule is CCc1cn2c(n1)Cc1ccc(Cl)cc1C(c1ccc(N)cc1)=N2. The number of aromatic nitrogens is 2. The third-order valence-corrected chi connectivity index (χ3v) is 4.47. The molecular weight excluding hydrogens is 320 g/mol. The molecule has 0 amide bonds. The van der Waals surface area contributed by atoms with E-state index in [2.05, 4.69) is 13.0 Å². The molecule has 4 nitrogen and oxygen atoms in total. The zero-order chi connectivity index (χ0) is 16.7. The van der Waals surface area contributed by atoms with Gasteiger partial charge in [-0.3, -0.25) is 0 Å². The first-order chi connectivity index (χ1) is 11.6. The molecule has 5 heteroatoms. The summed E-state index contributed by atoms with van der Waals surface area (Å²) in [6.07, 6.45) is 3.62. The lowest BCUT2D eigenvalue weighted by Gasteiger charge is -2.10. The molecule has 0 unspecified atom stereocenters. The Balaban J connectivity index is 1.96. The van der Waals surface area contributed by atoms with Crippen molar-refractivity contribution >= 4 is 23.0 Å². The highest BCUT2D eigenvalue weighted by atomic mass is 35.5. The molecule has 0 atom stereocenters. The average molecular weight is 337 g/mol. The number of imidazole rings is 1. The Morgan fingerprint density at radius 1 is 1.17 bits per heavy atom. The van der Waals surface area contributed by atoms with Crippen LogP contribution in [0.15, 0.2) is 53.8 Å². The molecule has 0 bridgehead atoms. The van der Waals surface area contributed by atoms with E-state index in [1.807, 2.05) is 47.3 Å². The normalized spacial score (nSPS) is 13.0. The number of nitrogen functional groups attached to an aromatic ring is 1. The van der Waals surface area contributed by atoms with Crippen LogP contribution in [0.5, 0.6) is 0 Å². The number of hydrogen-bond acceptors (Lipinski definition) is 3. The third-order valence-electron chi connectivity index (χ3n) is 4.24. The number of hydrogen-bond donors (Lipinski definition) is 1. The lowest BCUT2D eigenvalue weighted by atomic mass is 9.96. The number of benzene rings is 2. The summed E-state index contributed by atoms with van der Waals surface area (Å²) < 4.78 is 1.89. The van der Waals surface area contributed by atoms with Crippen LogP contribution in [0.4, 0.5) is 5.69 Å². The Bertz CT molecular complexity index is 939. The topological polar surface area (TPSA) is 56.2 Å². The van der Waals surface area contributed by atoms with Crippen LogP contribution in [0.25, 0.3) is 0 Å². The van der Waals surface area contributed by atoms with Crippen molar-refractivity contribution in [3.63, 3.8) is 0 Å². The molecule has 0 spiro atoms. The van der Waals surface area contributed by atoms with Gasteiger partial charge in [-0.15, -0.1) is 0 Å². The number of nitrogens with zero attached hydrogens (tertiary/aromatic N) is 3. The van der Waals surface area contributed by atoms with E-state index in [0.717, 1.165) is 46.9 Å². The standard InChI is InChI=1S/C19H17ClN4/c1-2-16-11-24-18(22-16)9-13-3-6-14(20)10-17(13)19(23-24)12-4-7-15(21)8-5-12/h3-8,10-11H,2,9,21H2,1H3. The Labute approximate surface area is 145 Å². The zero-order valence-electron chi connectivity index (χ0n) is 13.3. The van der Waals surface area contributed by atoms with E-state index in [-0.39, 0.29) is 0 Å². The van der Waals surface area contributed by atoms with Crippen molar-refractivity contribution in [2.45, 2.75) is 19.8 Å². The summed E-state index contributed by atoms with van der Waals surface area (Å²) in [5, 5.41) is 5.56. The molecule has 24 heavy (non-hydrogen) atoms. The maximum Gasteiger partial charge on any atom is 0.134 e. The number of anilines is 1. The fourth-order valence-corrected chi connectivity index (χ4v) is 3.12. The lowest BCUT2D eigenvalue weighted by molar-refractivity contribution is 0.806. The van der Waals surface area contributed by atoms with Gasteiger partial charge in [0.25, 0.3) is 0 Å². The van der Waals surface area contributed by atoms with E-state index in [4.69, 9.17) is 27.4 Å². The van der Waals surface area contributed by atoms with Crippen LogP contribution in [-0.2, 0) is 12.8 Å². The van der Waals surface area contributed by atoms with E-state index in [0.29, 0.717) is 5.02 Å². The molecule has 3 aromatic rings. The Morgan fingerprint density at radius 2 is 1.96 bits per heavy atom. The summed E-state index contributed by atoms with van der Waals surface area (Å²) in [5.41, 5.74) is 11.7. The molecule has 2 heterocycles. The summed E-state index contributed by atoms with van der Waals surface area (Å²) in [6.45, 7) is 2.10. The number of nitrogens with two attached hydrogens (primary N) is 1. The fourth-order valence-electron chi connectivity index (χ4n) is 2.95. The van der Waals surface area contributed by atoms with E-state index in [1.165, 1.54) is 5.56 Å². The first kappa shape index (κ1) is 15.0. The third kappa shape index (κ3) is 2.59. The Kier molecular flexibility index (Phi) is 3.62. The van der Waals surface area contributed by atoms with Crippen LogP contribution < -0.4 is 5.73 Å². The Morgan fingerprint density at radius 3 is 2.71 bits per heavy atom. The fraction of sp³-hybridized carbons (Fsp3) is 0.158. The minimum Gasteiger partial charge on any atom is -0.399 e. The minimum absolute atomic E-state index is 0.700. The van der Waals surface area contributed by atoms with Crippen molar-refractivity contribution < 1.29 is 0 Å². The van der Waals surface area contributed by atoms with Crippen molar-refractivity contribution in [3.8, 4) is 0 Å². The zero-order valence-corrected chi connectivity index (χ0v) is 14.1. The number of rotatable bonds is 2. The molecule has 0 saturated carbocycles. The van der Waals surface area contributed by atoms with E-state index in [9.17, 15) is 0 Å². The van der Waals surface area contributed by atoms with Gasteiger partial charge in [-0.1, -0.05) is 36.7 Å². The molecule has 4 rings (SSSR count). The predicted molar refractivity (Wildman–Crippen MR) is 97.8 cm³/mol. The molecule has 0 radical (unpaired) electrons. The average Bonchev–Trinajstić information content (AvgIpc) is 2.91. The van der Waals surface area contributed by atoms with Gasteiger partial charge in [0, 0.05) is 28.3 Å². The van der Waals surface area contributed by atoms with E-state index in [1.54, 1.807) is 0 Å². The largest absolute Gasteiger partial charge is 0.399 e. The van der Waals surface area contributed by atoms with Gasteiger partial charge in [-0.25, -0.2) is 9.66 Å². The first-order valence-electron chi connectivity index (χ1n) is 7.95. The number of halogens is 1. The predicted octanol–water partition coefficient (Wildman–Crippen LogP) is 3.89. The van der Waals surface area contributed by atoms with Crippen LogP contribution in [0, 0.1) is 0 Å². The monoisotopic (exact) mass is 336 g/mol. The van der Waals surface area contributed by atoms with Crippen LogP contribution in [0.3, 0.4) is 0 Å². The molecule has 120 valence electrons. The van der Waals surface area contributed by atoms with Crippen molar-refractivity contribution in [2.24, 2.45) is 5.10 Å².